The Balaban J connectivity index is 2.66. The van der Waals surface area contributed by atoms with E-state index in [0.717, 1.165) is 10.9 Å². The first-order chi connectivity index (χ1) is 15.5. The topological polar surface area (TPSA) is 106 Å². The average Bonchev–Trinajstić information content (AvgIpc) is 3.02. The molecular formula is C20H17Cl2F3N4O4. The molecule has 0 saturated carbocycles. The number of hydrogen-bond acceptors (Lipinski definition) is 7. The summed E-state index contributed by atoms with van der Waals surface area (Å²) in [6, 6.07) is 3.21. The summed E-state index contributed by atoms with van der Waals surface area (Å²) in [6.07, 6.45) is -3.75. The number of aromatic nitrogens is 2. The van der Waals surface area contributed by atoms with E-state index in [4.69, 9.17) is 32.7 Å². The summed E-state index contributed by atoms with van der Waals surface area (Å²) >= 11 is 12.2. The smallest absolute Gasteiger partial charge is 0.416 e. The molecule has 0 amide bonds. The highest BCUT2D eigenvalue weighted by Gasteiger charge is 2.33. The molecule has 13 heteroatoms. The zero-order valence-electron chi connectivity index (χ0n) is 17.5. The Labute approximate surface area is 196 Å². The molecule has 1 aromatic carbocycles. The van der Waals surface area contributed by atoms with Gasteiger partial charge in [-0.15, -0.1) is 0 Å². The fourth-order valence-corrected chi connectivity index (χ4v) is 3.29. The van der Waals surface area contributed by atoms with Crippen LogP contribution in [0.15, 0.2) is 23.9 Å². The Morgan fingerprint density at radius 1 is 1.18 bits per heavy atom. The first-order valence-corrected chi connectivity index (χ1v) is 10.1. The van der Waals surface area contributed by atoms with Crippen LogP contribution in [-0.2, 0) is 25.2 Å². The highest BCUT2D eigenvalue weighted by atomic mass is 35.5. The minimum atomic E-state index is -4.69. The lowest BCUT2D eigenvalue weighted by Crippen LogP contribution is -2.20. The Hall–Kier alpha value is -3.23. The van der Waals surface area contributed by atoms with Gasteiger partial charge in [0.15, 0.2) is 11.4 Å². The van der Waals surface area contributed by atoms with Gasteiger partial charge in [0.1, 0.15) is 17.3 Å². The number of nitrogens with one attached hydrogen (secondary N) is 1. The van der Waals surface area contributed by atoms with Crippen LogP contribution in [0.3, 0.4) is 0 Å². The van der Waals surface area contributed by atoms with E-state index in [-0.39, 0.29) is 36.0 Å². The van der Waals surface area contributed by atoms with Crippen LogP contribution < -0.4 is 5.32 Å². The number of nitriles is 1. The fourth-order valence-electron chi connectivity index (χ4n) is 2.65. The van der Waals surface area contributed by atoms with E-state index < -0.39 is 39.3 Å². The lowest BCUT2D eigenvalue weighted by Gasteiger charge is -2.15. The molecule has 0 bridgehead atoms. The molecule has 2 aromatic rings. The van der Waals surface area contributed by atoms with Gasteiger partial charge in [-0.1, -0.05) is 23.2 Å². The normalized spacial score (nSPS) is 10.9. The number of anilines is 1. The number of rotatable bonds is 7. The van der Waals surface area contributed by atoms with Gasteiger partial charge in [-0.25, -0.2) is 14.3 Å². The predicted molar refractivity (Wildman–Crippen MR) is 113 cm³/mol. The monoisotopic (exact) mass is 504 g/mol. The molecule has 0 unspecified atom stereocenters. The lowest BCUT2D eigenvalue weighted by molar-refractivity contribution is -0.146. The Morgan fingerprint density at radius 2 is 1.70 bits per heavy atom. The summed E-state index contributed by atoms with van der Waals surface area (Å²) < 4.78 is 49.9. The summed E-state index contributed by atoms with van der Waals surface area (Å²) in [4.78, 5) is 24.3. The minimum Gasteiger partial charge on any atom is -0.462 e. The number of halogens is 5. The third-order valence-electron chi connectivity index (χ3n) is 4.07. The first-order valence-electron chi connectivity index (χ1n) is 9.33. The lowest BCUT2D eigenvalue weighted by atomic mass is 10.2. The Kier molecular flexibility index (Phi) is 8.35. The zero-order valence-corrected chi connectivity index (χ0v) is 19.0. The van der Waals surface area contributed by atoms with E-state index in [0.29, 0.717) is 12.1 Å². The number of esters is 2. The second-order valence-electron chi connectivity index (χ2n) is 6.26. The maximum absolute atomic E-state index is 13.1. The number of aryl methyl sites for hydroxylation is 1. The molecule has 0 aliphatic heterocycles. The van der Waals surface area contributed by atoms with Crippen molar-refractivity contribution in [3.63, 3.8) is 0 Å². The molecule has 0 aliphatic rings. The van der Waals surface area contributed by atoms with Crippen LogP contribution in [0.5, 0.6) is 0 Å². The van der Waals surface area contributed by atoms with E-state index in [1.165, 1.54) is 20.8 Å². The third kappa shape index (κ3) is 5.77. The maximum atomic E-state index is 13.1. The summed E-state index contributed by atoms with van der Waals surface area (Å²) in [7, 11) is 0. The van der Waals surface area contributed by atoms with Gasteiger partial charge in [-0.2, -0.15) is 23.5 Å². The van der Waals surface area contributed by atoms with Crippen LogP contribution in [-0.4, -0.2) is 34.9 Å². The van der Waals surface area contributed by atoms with E-state index >= 15 is 0 Å². The molecule has 0 radical (unpaired) electrons. The van der Waals surface area contributed by atoms with E-state index in [9.17, 15) is 28.0 Å². The molecule has 8 nitrogen and oxygen atoms in total. The van der Waals surface area contributed by atoms with Gasteiger partial charge >= 0.3 is 18.1 Å². The molecular weight excluding hydrogens is 488 g/mol. The second-order valence-corrected chi connectivity index (χ2v) is 7.08. The van der Waals surface area contributed by atoms with Gasteiger partial charge in [0, 0.05) is 6.20 Å². The van der Waals surface area contributed by atoms with Crippen LogP contribution in [0.2, 0.25) is 10.0 Å². The summed E-state index contributed by atoms with van der Waals surface area (Å²) in [5.74, 6) is -2.09. The minimum absolute atomic E-state index is 0.0210. The first kappa shape index (κ1) is 26.0. The third-order valence-corrected chi connectivity index (χ3v) is 4.65. The van der Waals surface area contributed by atoms with Crippen LogP contribution in [0.1, 0.15) is 30.7 Å². The molecule has 33 heavy (non-hydrogen) atoms. The molecule has 0 spiro atoms. The number of nitrogens with zero attached hydrogens (tertiary/aromatic N) is 3. The molecule has 1 aromatic heterocycles. The molecule has 0 saturated heterocycles. The van der Waals surface area contributed by atoms with Crippen LogP contribution in [0.4, 0.5) is 19.0 Å². The number of carbonyl (C=O) groups excluding carboxylic acids is 2. The molecule has 0 fully saturated rings. The molecule has 1 heterocycles. The maximum Gasteiger partial charge on any atom is 0.416 e. The van der Waals surface area contributed by atoms with Crippen molar-refractivity contribution in [1.29, 1.82) is 5.26 Å². The van der Waals surface area contributed by atoms with Crippen molar-refractivity contribution in [2.24, 2.45) is 0 Å². The number of alkyl halides is 3. The van der Waals surface area contributed by atoms with Gasteiger partial charge in [0.05, 0.1) is 34.5 Å². The highest BCUT2D eigenvalue weighted by Crippen LogP contribution is 2.39. The van der Waals surface area contributed by atoms with Crippen molar-refractivity contribution in [3.8, 4) is 11.8 Å². The van der Waals surface area contributed by atoms with Crippen molar-refractivity contribution in [2.45, 2.75) is 26.9 Å². The summed E-state index contributed by atoms with van der Waals surface area (Å²) in [5.41, 5.74) is -1.61. The molecule has 176 valence electrons. The van der Waals surface area contributed by atoms with Gasteiger partial charge in [0.25, 0.3) is 0 Å². The fraction of sp³-hybridized carbons (Fsp3) is 0.300. The van der Waals surface area contributed by atoms with Gasteiger partial charge in [-0.05, 0) is 32.9 Å². The van der Waals surface area contributed by atoms with Gasteiger partial charge in [0.2, 0.25) is 0 Å². The van der Waals surface area contributed by atoms with Crippen molar-refractivity contribution >= 4 is 41.0 Å². The molecule has 0 atom stereocenters. The van der Waals surface area contributed by atoms with Gasteiger partial charge in [-0.3, -0.25) is 0 Å². The molecule has 2 rings (SSSR count). The number of carbonyl (C=O) groups is 2. The van der Waals surface area contributed by atoms with E-state index in [2.05, 4.69) is 10.4 Å². The largest absolute Gasteiger partial charge is 0.462 e. The summed E-state index contributed by atoms with van der Waals surface area (Å²) in [6.45, 7) is 4.50. The number of hydrogen-bond donors (Lipinski definition) is 1. The average molecular weight is 505 g/mol. The van der Waals surface area contributed by atoms with Crippen LogP contribution in [0, 0.1) is 18.3 Å². The number of ether oxygens (including phenoxy) is 2. The standard InChI is InChI=1S/C20H17Cl2F3N4O4/c1-4-32-18(30)13(19(31)33-5-2)9-27-17-12(8-26)10(3)28-29(17)16-14(21)6-11(7-15(16)22)20(23,24)25/h6-7,9,27H,4-5H2,1-3H3. The van der Waals surface area contributed by atoms with Crippen LogP contribution in [0.25, 0.3) is 5.69 Å². The van der Waals surface area contributed by atoms with Crippen LogP contribution >= 0.6 is 23.2 Å². The van der Waals surface area contributed by atoms with Crippen molar-refractivity contribution in [3.05, 3.63) is 50.8 Å². The van der Waals surface area contributed by atoms with E-state index in [1.807, 2.05) is 6.07 Å². The van der Waals surface area contributed by atoms with Crippen molar-refractivity contribution in [2.75, 3.05) is 18.5 Å². The Morgan fingerprint density at radius 3 is 2.12 bits per heavy atom. The SMILES string of the molecule is CCOC(=O)C(=CNc1c(C#N)c(C)nn1-c1c(Cl)cc(C(F)(F)F)cc1Cl)C(=O)OCC. The highest BCUT2D eigenvalue weighted by molar-refractivity contribution is 6.38. The number of benzene rings is 1. The summed E-state index contributed by atoms with van der Waals surface area (Å²) in [5, 5.41) is 15.5. The van der Waals surface area contributed by atoms with Crippen molar-refractivity contribution in [1.82, 2.24) is 9.78 Å². The predicted octanol–water partition coefficient (Wildman–Crippen LogP) is 4.80. The molecule has 1 N–H and O–H groups in total. The van der Waals surface area contributed by atoms with E-state index in [1.54, 1.807) is 0 Å². The molecule has 0 aliphatic carbocycles. The van der Waals surface area contributed by atoms with Crippen molar-refractivity contribution < 1.29 is 32.2 Å². The Bertz CT molecular complexity index is 1110. The van der Waals surface area contributed by atoms with Gasteiger partial charge < -0.3 is 14.8 Å². The second kappa shape index (κ2) is 10.6. The zero-order chi connectivity index (χ0) is 24.9. The quantitative estimate of drug-likeness (QED) is 0.249.